The zero-order valence-corrected chi connectivity index (χ0v) is 21.6. The van der Waals surface area contributed by atoms with E-state index in [9.17, 15) is 4.79 Å². The summed E-state index contributed by atoms with van der Waals surface area (Å²) in [4.78, 5) is 11.2. The van der Waals surface area contributed by atoms with Gasteiger partial charge in [0.2, 0.25) is 0 Å². The van der Waals surface area contributed by atoms with E-state index in [0.29, 0.717) is 11.5 Å². The quantitative estimate of drug-likeness (QED) is 0.215. The fourth-order valence-electron chi connectivity index (χ4n) is 4.89. The second-order valence-corrected chi connectivity index (χ2v) is 10.1. The van der Waals surface area contributed by atoms with Gasteiger partial charge in [0.05, 0.1) is 5.56 Å². The van der Waals surface area contributed by atoms with Crippen LogP contribution in [-0.2, 0) is 0 Å². The van der Waals surface area contributed by atoms with Crippen molar-refractivity contribution in [2.24, 2.45) is 11.3 Å². The summed E-state index contributed by atoms with van der Waals surface area (Å²) in [5.74, 6) is 0.520. The Kier molecular flexibility index (Phi) is 14.4. The molecule has 1 aromatic carbocycles. The van der Waals surface area contributed by atoms with Crippen LogP contribution in [0.25, 0.3) is 0 Å². The molecule has 0 bridgehead atoms. The zero-order chi connectivity index (χ0) is 23.8. The van der Waals surface area contributed by atoms with E-state index in [0.717, 1.165) is 12.2 Å². The Bertz CT molecular complexity index is 605. The minimum absolute atomic E-state index is 0.0785. The van der Waals surface area contributed by atoms with Gasteiger partial charge in [0.25, 0.3) is 0 Å². The second kappa shape index (κ2) is 16.2. The largest absolute Gasteiger partial charge is 0.490 e. The van der Waals surface area contributed by atoms with Crippen LogP contribution >= 0.6 is 0 Å². The van der Waals surface area contributed by atoms with Crippen LogP contribution in [0.4, 0.5) is 0 Å². The molecule has 0 spiro atoms. The lowest BCUT2D eigenvalue weighted by Crippen LogP contribution is -2.40. The molecule has 0 fully saturated rings. The van der Waals surface area contributed by atoms with Crippen molar-refractivity contribution in [2.45, 2.75) is 131 Å². The van der Waals surface area contributed by atoms with E-state index in [4.69, 9.17) is 9.84 Å². The van der Waals surface area contributed by atoms with Crippen molar-refractivity contribution in [1.82, 2.24) is 0 Å². The molecule has 2 atom stereocenters. The van der Waals surface area contributed by atoms with Crippen molar-refractivity contribution in [3.05, 3.63) is 29.8 Å². The molecule has 0 heterocycles. The highest BCUT2D eigenvalue weighted by Crippen LogP contribution is 2.40. The maximum atomic E-state index is 11.2. The molecule has 0 aliphatic heterocycles. The maximum absolute atomic E-state index is 11.2. The highest BCUT2D eigenvalue weighted by atomic mass is 16.5. The zero-order valence-electron chi connectivity index (χ0n) is 21.6. The number of hydrogen-bond acceptors (Lipinski definition) is 2. The lowest BCUT2D eigenvalue weighted by Gasteiger charge is -2.41. The normalized spacial score (nSPS) is 13.7. The first-order chi connectivity index (χ1) is 15.4. The van der Waals surface area contributed by atoms with Crippen molar-refractivity contribution in [3.63, 3.8) is 0 Å². The van der Waals surface area contributed by atoms with Crippen molar-refractivity contribution in [1.29, 1.82) is 0 Å². The molecule has 0 saturated carbocycles. The Labute approximate surface area is 198 Å². The van der Waals surface area contributed by atoms with Gasteiger partial charge < -0.3 is 9.84 Å². The van der Waals surface area contributed by atoms with Gasteiger partial charge in [-0.25, -0.2) is 4.79 Å². The predicted molar refractivity (Wildman–Crippen MR) is 137 cm³/mol. The Hall–Kier alpha value is -1.51. The Morgan fingerprint density at radius 1 is 0.812 bits per heavy atom. The minimum atomic E-state index is -0.896. The smallest absolute Gasteiger partial charge is 0.335 e. The average molecular weight is 447 g/mol. The highest BCUT2D eigenvalue weighted by molar-refractivity contribution is 5.87. The third-order valence-electron chi connectivity index (χ3n) is 7.23. The molecule has 3 heteroatoms. The first-order valence-corrected chi connectivity index (χ1v) is 13.4. The van der Waals surface area contributed by atoms with Gasteiger partial charge in [-0.2, -0.15) is 0 Å². The van der Waals surface area contributed by atoms with Gasteiger partial charge in [-0.1, -0.05) is 105 Å². The number of carbonyl (C=O) groups is 1. The molecule has 0 saturated heterocycles. The fourth-order valence-corrected chi connectivity index (χ4v) is 4.89. The Balaban J connectivity index is 2.70. The van der Waals surface area contributed by atoms with Crippen molar-refractivity contribution in [2.75, 3.05) is 0 Å². The molecule has 0 aliphatic rings. The van der Waals surface area contributed by atoms with Crippen LogP contribution in [0.5, 0.6) is 5.75 Å². The van der Waals surface area contributed by atoms with Crippen LogP contribution in [0.1, 0.15) is 135 Å². The lowest BCUT2D eigenvalue weighted by atomic mass is 9.69. The van der Waals surface area contributed by atoms with Gasteiger partial charge in [0, 0.05) is 5.41 Å². The molecule has 1 N–H and O–H groups in total. The molecule has 3 nitrogen and oxygen atoms in total. The number of rotatable bonds is 19. The first kappa shape index (κ1) is 28.5. The summed E-state index contributed by atoms with van der Waals surface area (Å²) in [5.41, 5.74) is 0.384. The number of ether oxygens (including phenoxy) is 1. The maximum Gasteiger partial charge on any atom is 0.335 e. The topological polar surface area (TPSA) is 46.5 Å². The molecule has 1 rings (SSSR count). The van der Waals surface area contributed by atoms with Gasteiger partial charge >= 0.3 is 5.97 Å². The van der Waals surface area contributed by atoms with Crippen LogP contribution in [0.2, 0.25) is 0 Å². The van der Waals surface area contributed by atoms with E-state index in [-0.39, 0.29) is 11.5 Å². The highest BCUT2D eigenvalue weighted by Gasteiger charge is 2.37. The molecule has 0 aromatic heterocycles. The second-order valence-electron chi connectivity index (χ2n) is 10.1. The van der Waals surface area contributed by atoms with Crippen LogP contribution in [-0.4, -0.2) is 17.2 Å². The van der Waals surface area contributed by atoms with Crippen molar-refractivity contribution in [3.8, 4) is 5.75 Å². The third kappa shape index (κ3) is 10.4. The van der Waals surface area contributed by atoms with Gasteiger partial charge in [-0.3, -0.25) is 0 Å². The number of hydrogen-bond donors (Lipinski definition) is 1. The van der Waals surface area contributed by atoms with E-state index in [1.54, 1.807) is 12.1 Å². The van der Waals surface area contributed by atoms with Gasteiger partial charge in [-0.15, -0.1) is 0 Å². The molecular formula is C29H50O3. The first-order valence-electron chi connectivity index (χ1n) is 13.4. The fraction of sp³-hybridized carbons (Fsp3) is 0.759. The Morgan fingerprint density at radius 3 is 1.84 bits per heavy atom. The van der Waals surface area contributed by atoms with Gasteiger partial charge in [-0.05, 0) is 49.4 Å². The molecule has 2 unspecified atom stereocenters. The van der Waals surface area contributed by atoms with E-state index >= 15 is 0 Å². The summed E-state index contributed by atoms with van der Waals surface area (Å²) in [6, 6.07) is 6.91. The molecular weight excluding hydrogens is 396 g/mol. The number of carboxylic acids is 1. The molecule has 1 aromatic rings. The molecule has 0 radical (unpaired) electrons. The summed E-state index contributed by atoms with van der Waals surface area (Å²) in [6.45, 7) is 11.6. The Morgan fingerprint density at radius 2 is 1.31 bits per heavy atom. The molecule has 0 aliphatic carbocycles. The number of benzene rings is 1. The molecule has 0 amide bonds. The van der Waals surface area contributed by atoms with Crippen LogP contribution in [0.15, 0.2) is 24.3 Å². The van der Waals surface area contributed by atoms with E-state index in [2.05, 4.69) is 34.6 Å². The summed E-state index contributed by atoms with van der Waals surface area (Å²) in [6.07, 6.45) is 18.1. The van der Waals surface area contributed by atoms with Crippen molar-refractivity contribution >= 4 is 5.97 Å². The number of unbranched alkanes of at least 4 members (excludes halogenated alkanes) is 9. The third-order valence-corrected chi connectivity index (χ3v) is 7.23. The average Bonchev–Trinajstić information content (AvgIpc) is 2.77. The van der Waals surface area contributed by atoms with Crippen LogP contribution < -0.4 is 4.74 Å². The SMILES string of the molecule is CCCCCCCCCCC(CC)C(C)(C)C(CCCCC)Oc1ccc(C(=O)O)cc1. The summed E-state index contributed by atoms with van der Waals surface area (Å²) in [5, 5.41) is 9.17. The minimum Gasteiger partial charge on any atom is -0.490 e. The van der Waals surface area contributed by atoms with E-state index in [1.165, 1.54) is 83.5 Å². The molecule has 184 valence electrons. The van der Waals surface area contributed by atoms with Crippen molar-refractivity contribution < 1.29 is 14.6 Å². The van der Waals surface area contributed by atoms with E-state index in [1.807, 2.05) is 12.1 Å². The van der Waals surface area contributed by atoms with Gasteiger partial charge in [0.15, 0.2) is 0 Å². The standard InChI is InChI=1S/C29H50O3/c1-6-9-11-12-13-14-15-17-18-25(8-3)29(4,5)27(19-16-10-7-2)32-26-22-20-24(21-23-26)28(30)31/h20-23,25,27H,6-19H2,1-5H3,(H,30,31). The van der Waals surface area contributed by atoms with Crippen LogP contribution in [0.3, 0.4) is 0 Å². The lowest BCUT2D eigenvalue weighted by molar-refractivity contribution is 0.0119. The van der Waals surface area contributed by atoms with E-state index < -0.39 is 5.97 Å². The number of aromatic carboxylic acids is 1. The van der Waals surface area contributed by atoms with Gasteiger partial charge in [0.1, 0.15) is 11.9 Å². The molecule has 32 heavy (non-hydrogen) atoms. The number of carboxylic acid groups (broad SMARTS) is 1. The monoisotopic (exact) mass is 446 g/mol. The van der Waals surface area contributed by atoms with Crippen LogP contribution in [0, 0.1) is 11.3 Å². The summed E-state index contributed by atoms with van der Waals surface area (Å²) in [7, 11) is 0. The summed E-state index contributed by atoms with van der Waals surface area (Å²) >= 11 is 0. The summed E-state index contributed by atoms with van der Waals surface area (Å²) < 4.78 is 6.53. The predicted octanol–water partition coefficient (Wildman–Crippen LogP) is 9.30.